The van der Waals surface area contributed by atoms with Crippen LogP contribution in [-0.2, 0) is 0 Å². The molecule has 0 aliphatic heterocycles. The minimum absolute atomic E-state index is 0.108. The minimum atomic E-state index is -0.230. The molecule has 2 unspecified atom stereocenters. The highest BCUT2D eigenvalue weighted by molar-refractivity contribution is 9.10. The van der Waals surface area contributed by atoms with Crippen LogP contribution in [0.4, 0.5) is 4.79 Å². The van der Waals surface area contributed by atoms with Crippen molar-refractivity contribution in [3.63, 3.8) is 0 Å². The Hall–Kier alpha value is -2.27. The van der Waals surface area contributed by atoms with Gasteiger partial charge in [-0.25, -0.2) is 4.79 Å². The van der Waals surface area contributed by atoms with Gasteiger partial charge in [0.05, 0.1) is 12.1 Å². The fraction of sp³-hybridized carbons (Fsp3) is 0.211. The number of benzene rings is 2. The highest BCUT2D eigenvalue weighted by Crippen LogP contribution is 2.24. The first-order valence-corrected chi connectivity index (χ1v) is 8.64. The molecule has 2 aromatic carbocycles. The van der Waals surface area contributed by atoms with Gasteiger partial charge in [-0.1, -0.05) is 52.3 Å². The van der Waals surface area contributed by atoms with Gasteiger partial charge in [0, 0.05) is 9.86 Å². The number of nitrogens with one attached hydrogen (secondary N) is 2. The molecule has 0 saturated carbocycles. The molecular weight excluding hydrogens is 368 g/mol. The molecule has 4 nitrogen and oxygen atoms in total. The van der Waals surface area contributed by atoms with E-state index in [0.717, 1.165) is 26.8 Å². The van der Waals surface area contributed by atoms with E-state index >= 15 is 0 Å². The minimum Gasteiger partial charge on any atom is -0.459 e. The number of urea groups is 1. The van der Waals surface area contributed by atoms with Crippen LogP contribution >= 0.6 is 15.9 Å². The van der Waals surface area contributed by atoms with Gasteiger partial charge in [0.2, 0.25) is 0 Å². The summed E-state index contributed by atoms with van der Waals surface area (Å²) in [5.74, 6) is 0.736. The molecule has 0 saturated heterocycles. The van der Waals surface area contributed by atoms with E-state index in [1.54, 1.807) is 0 Å². The van der Waals surface area contributed by atoms with Crippen molar-refractivity contribution in [2.24, 2.45) is 0 Å². The Labute approximate surface area is 149 Å². The average molecular weight is 387 g/mol. The number of amides is 2. The highest BCUT2D eigenvalue weighted by Gasteiger charge is 2.16. The van der Waals surface area contributed by atoms with Crippen molar-refractivity contribution in [3.05, 3.63) is 70.4 Å². The molecule has 3 rings (SSSR count). The molecule has 0 radical (unpaired) electrons. The molecule has 1 heterocycles. The summed E-state index contributed by atoms with van der Waals surface area (Å²) in [6, 6.07) is 17.0. The summed E-state index contributed by atoms with van der Waals surface area (Å²) in [4.78, 5) is 12.3. The predicted molar refractivity (Wildman–Crippen MR) is 98.9 cm³/mol. The van der Waals surface area contributed by atoms with Crippen molar-refractivity contribution in [1.82, 2.24) is 10.6 Å². The Morgan fingerprint density at radius 1 is 1.00 bits per heavy atom. The fourth-order valence-corrected chi connectivity index (χ4v) is 3.25. The van der Waals surface area contributed by atoms with Crippen LogP contribution < -0.4 is 10.6 Å². The van der Waals surface area contributed by atoms with Gasteiger partial charge in [0.15, 0.2) is 0 Å². The third-order valence-electron chi connectivity index (χ3n) is 3.94. The van der Waals surface area contributed by atoms with Crippen molar-refractivity contribution >= 4 is 32.9 Å². The zero-order valence-electron chi connectivity index (χ0n) is 13.5. The lowest BCUT2D eigenvalue weighted by molar-refractivity contribution is 0.233. The van der Waals surface area contributed by atoms with Gasteiger partial charge in [-0.2, -0.15) is 0 Å². The summed E-state index contributed by atoms with van der Waals surface area (Å²) < 4.78 is 6.76. The first kappa shape index (κ1) is 16.6. The first-order chi connectivity index (χ1) is 11.5. The molecule has 2 N–H and O–H groups in total. The quantitative estimate of drug-likeness (QED) is 0.637. The SMILES string of the molecule is CC(NC(=O)NC(C)c1ccccc1Br)c1cc2ccccc2o1. The summed E-state index contributed by atoms with van der Waals surface area (Å²) in [5.41, 5.74) is 1.85. The summed E-state index contributed by atoms with van der Waals surface area (Å²) in [5, 5.41) is 6.90. The smallest absolute Gasteiger partial charge is 0.315 e. The van der Waals surface area contributed by atoms with Gasteiger partial charge < -0.3 is 15.1 Å². The van der Waals surface area contributed by atoms with E-state index in [1.165, 1.54) is 0 Å². The van der Waals surface area contributed by atoms with Crippen LogP contribution in [0.3, 0.4) is 0 Å². The molecule has 0 aliphatic carbocycles. The maximum Gasteiger partial charge on any atom is 0.315 e. The molecule has 2 amide bonds. The van der Waals surface area contributed by atoms with E-state index in [0.29, 0.717) is 0 Å². The Morgan fingerprint density at radius 2 is 1.67 bits per heavy atom. The summed E-state index contributed by atoms with van der Waals surface area (Å²) >= 11 is 3.51. The Morgan fingerprint density at radius 3 is 2.42 bits per heavy atom. The number of hydrogen-bond acceptors (Lipinski definition) is 2. The molecule has 5 heteroatoms. The van der Waals surface area contributed by atoms with Crippen LogP contribution in [0, 0.1) is 0 Å². The van der Waals surface area contributed by atoms with Crippen molar-refractivity contribution in [3.8, 4) is 0 Å². The lowest BCUT2D eigenvalue weighted by Gasteiger charge is -2.18. The fourth-order valence-electron chi connectivity index (χ4n) is 2.63. The third kappa shape index (κ3) is 3.62. The number of hydrogen-bond donors (Lipinski definition) is 2. The van der Waals surface area contributed by atoms with Crippen molar-refractivity contribution < 1.29 is 9.21 Å². The van der Waals surface area contributed by atoms with Crippen molar-refractivity contribution in [2.45, 2.75) is 25.9 Å². The van der Waals surface area contributed by atoms with E-state index in [1.807, 2.05) is 68.4 Å². The van der Waals surface area contributed by atoms with Crippen LogP contribution in [0.5, 0.6) is 0 Å². The monoisotopic (exact) mass is 386 g/mol. The van der Waals surface area contributed by atoms with Crippen molar-refractivity contribution in [1.29, 1.82) is 0 Å². The number of carbonyl (C=O) groups is 1. The maximum absolute atomic E-state index is 12.3. The largest absolute Gasteiger partial charge is 0.459 e. The van der Waals surface area contributed by atoms with Crippen LogP contribution in [0.1, 0.15) is 37.3 Å². The number of carbonyl (C=O) groups excluding carboxylic acids is 1. The second-order valence-electron chi connectivity index (χ2n) is 5.77. The second-order valence-corrected chi connectivity index (χ2v) is 6.62. The highest BCUT2D eigenvalue weighted by atomic mass is 79.9. The Bertz CT molecular complexity index is 826. The van der Waals surface area contributed by atoms with Crippen LogP contribution in [0.15, 0.2) is 63.5 Å². The lowest BCUT2D eigenvalue weighted by atomic mass is 10.1. The van der Waals surface area contributed by atoms with E-state index in [9.17, 15) is 4.79 Å². The molecule has 0 aliphatic rings. The number of rotatable bonds is 4. The molecule has 24 heavy (non-hydrogen) atoms. The number of halogens is 1. The standard InChI is InChI=1S/C19H19BrN2O2/c1-12(15-8-4-5-9-16(15)20)21-19(23)22-13(2)18-11-14-7-3-6-10-17(14)24-18/h3-13H,1-2H3,(H2,21,22,23). The van der Waals surface area contributed by atoms with Crippen LogP contribution in [-0.4, -0.2) is 6.03 Å². The zero-order chi connectivity index (χ0) is 17.1. The second kappa shape index (κ2) is 7.09. The Kier molecular flexibility index (Phi) is 4.90. The van der Waals surface area contributed by atoms with Gasteiger partial charge in [-0.15, -0.1) is 0 Å². The first-order valence-electron chi connectivity index (χ1n) is 7.84. The number of furan rings is 1. The molecule has 2 atom stereocenters. The molecule has 1 aromatic heterocycles. The predicted octanol–water partition coefficient (Wildman–Crippen LogP) is 5.32. The van der Waals surface area contributed by atoms with E-state index < -0.39 is 0 Å². The van der Waals surface area contributed by atoms with Crippen molar-refractivity contribution in [2.75, 3.05) is 0 Å². The van der Waals surface area contributed by atoms with Gasteiger partial charge in [-0.3, -0.25) is 0 Å². The van der Waals surface area contributed by atoms with Gasteiger partial charge in [0.25, 0.3) is 0 Å². The topological polar surface area (TPSA) is 54.3 Å². The van der Waals surface area contributed by atoms with E-state index in [2.05, 4.69) is 26.6 Å². The van der Waals surface area contributed by atoms with Crippen LogP contribution in [0.2, 0.25) is 0 Å². The van der Waals surface area contributed by atoms with Gasteiger partial charge >= 0.3 is 6.03 Å². The summed E-state index contributed by atoms with van der Waals surface area (Å²) in [6.07, 6.45) is 0. The van der Waals surface area contributed by atoms with Crippen LogP contribution in [0.25, 0.3) is 11.0 Å². The molecule has 0 spiro atoms. The molecular formula is C19H19BrN2O2. The molecule has 124 valence electrons. The summed E-state index contributed by atoms with van der Waals surface area (Å²) in [6.45, 7) is 3.85. The van der Waals surface area contributed by atoms with E-state index in [4.69, 9.17) is 4.42 Å². The summed E-state index contributed by atoms with van der Waals surface area (Å²) in [7, 11) is 0. The van der Waals surface area contributed by atoms with Gasteiger partial charge in [0.1, 0.15) is 11.3 Å². The maximum atomic E-state index is 12.3. The van der Waals surface area contributed by atoms with E-state index in [-0.39, 0.29) is 18.1 Å². The molecule has 0 fully saturated rings. The lowest BCUT2D eigenvalue weighted by Crippen LogP contribution is -2.38. The average Bonchev–Trinajstić information content (AvgIpc) is 2.99. The number of para-hydroxylation sites is 1. The Balaban J connectivity index is 1.64. The molecule has 3 aromatic rings. The third-order valence-corrected chi connectivity index (χ3v) is 4.66. The van der Waals surface area contributed by atoms with Gasteiger partial charge in [-0.05, 0) is 37.6 Å². The molecule has 0 bridgehead atoms. The zero-order valence-corrected chi connectivity index (χ0v) is 15.1. The normalized spacial score (nSPS) is 13.5. The number of fused-ring (bicyclic) bond motifs is 1.